The fourth-order valence-electron chi connectivity index (χ4n) is 1.53. The molecule has 0 aliphatic carbocycles. The number of ketones is 1. The van der Waals surface area contributed by atoms with E-state index in [1.807, 2.05) is 13.8 Å². The molecule has 1 aromatic carbocycles. The largest absolute Gasteiger partial charge is 0.438 e. The van der Waals surface area contributed by atoms with Crippen LogP contribution in [0, 0.1) is 0 Å². The lowest BCUT2D eigenvalue weighted by atomic mass is 10.1. The summed E-state index contributed by atoms with van der Waals surface area (Å²) in [5.41, 5.74) is 8.06. The van der Waals surface area contributed by atoms with Gasteiger partial charge >= 0.3 is 0 Å². The second kappa shape index (κ2) is 3.63. The van der Waals surface area contributed by atoms with E-state index in [1.54, 1.807) is 12.1 Å². The summed E-state index contributed by atoms with van der Waals surface area (Å²) in [6.45, 7) is 5.49. The molecule has 4 heteroatoms. The Balaban J connectivity index is 2.68. The first-order chi connectivity index (χ1) is 7.49. The molecule has 2 rings (SSSR count). The van der Waals surface area contributed by atoms with Crippen molar-refractivity contribution in [2.45, 2.75) is 26.7 Å². The van der Waals surface area contributed by atoms with E-state index >= 15 is 0 Å². The second-order valence-corrected chi connectivity index (χ2v) is 4.18. The first-order valence-electron chi connectivity index (χ1n) is 5.20. The Morgan fingerprint density at radius 2 is 2.12 bits per heavy atom. The number of Topliss-reactive ketones (excluding diaryl/α,β-unsaturated/α-hetero) is 1. The minimum Gasteiger partial charge on any atom is -0.438 e. The second-order valence-electron chi connectivity index (χ2n) is 4.18. The standard InChI is InChI=1S/C12H14N2O2/c1-6(2)12-14-10-5-8(7(3)15)4-9(13)11(10)16-12/h4-6H,13H2,1-3H3. The zero-order valence-corrected chi connectivity index (χ0v) is 9.57. The molecule has 16 heavy (non-hydrogen) atoms. The maximum Gasteiger partial charge on any atom is 0.198 e. The molecule has 2 N–H and O–H groups in total. The van der Waals surface area contributed by atoms with Gasteiger partial charge in [0.1, 0.15) is 5.52 Å². The van der Waals surface area contributed by atoms with Crippen LogP contribution in [0.3, 0.4) is 0 Å². The number of anilines is 1. The lowest BCUT2D eigenvalue weighted by molar-refractivity contribution is 0.101. The minimum atomic E-state index is -0.0253. The van der Waals surface area contributed by atoms with Crippen LogP contribution >= 0.6 is 0 Å². The van der Waals surface area contributed by atoms with E-state index in [4.69, 9.17) is 10.2 Å². The molecule has 4 nitrogen and oxygen atoms in total. The highest BCUT2D eigenvalue weighted by molar-refractivity contribution is 6.00. The Labute approximate surface area is 93.5 Å². The van der Waals surface area contributed by atoms with Gasteiger partial charge in [-0.3, -0.25) is 4.79 Å². The van der Waals surface area contributed by atoms with Crippen LogP contribution in [-0.2, 0) is 0 Å². The molecule has 0 saturated carbocycles. The van der Waals surface area contributed by atoms with Crippen molar-refractivity contribution in [3.8, 4) is 0 Å². The van der Waals surface area contributed by atoms with Crippen LogP contribution in [0.5, 0.6) is 0 Å². The van der Waals surface area contributed by atoms with Crippen LogP contribution in [0.4, 0.5) is 5.69 Å². The van der Waals surface area contributed by atoms with Crippen LogP contribution in [0.25, 0.3) is 11.1 Å². The molecule has 0 aliphatic heterocycles. The number of nitrogens with zero attached hydrogens (tertiary/aromatic N) is 1. The third kappa shape index (κ3) is 1.66. The van der Waals surface area contributed by atoms with E-state index in [1.165, 1.54) is 6.92 Å². The summed E-state index contributed by atoms with van der Waals surface area (Å²) in [6, 6.07) is 3.34. The predicted molar refractivity (Wildman–Crippen MR) is 62.5 cm³/mol. The number of hydrogen-bond acceptors (Lipinski definition) is 4. The summed E-state index contributed by atoms with van der Waals surface area (Å²) in [4.78, 5) is 15.6. The van der Waals surface area contributed by atoms with Crippen molar-refractivity contribution in [1.82, 2.24) is 4.98 Å². The van der Waals surface area contributed by atoms with Crippen LogP contribution in [0.2, 0.25) is 0 Å². The molecule has 0 amide bonds. The average molecular weight is 218 g/mol. The van der Waals surface area contributed by atoms with E-state index in [-0.39, 0.29) is 11.7 Å². The molecule has 0 saturated heterocycles. The summed E-state index contributed by atoms with van der Waals surface area (Å²) < 4.78 is 5.55. The van der Waals surface area contributed by atoms with E-state index in [0.29, 0.717) is 28.2 Å². The molecule has 1 aromatic heterocycles. The molecule has 0 radical (unpaired) electrons. The quantitative estimate of drug-likeness (QED) is 0.621. The lowest BCUT2D eigenvalue weighted by Crippen LogP contribution is -1.95. The number of oxazole rings is 1. The number of nitrogens with two attached hydrogens (primary N) is 1. The predicted octanol–water partition coefficient (Wildman–Crippen LogP) is 2.74. The molecular formula is C12H14N2O2. The number of carbonyl (C=O) groups is 1. The molecule has 0 aliphatic rings. The van der Waals surface area contributed by atoms with Crippen molar-refractivity contribution in [3.63, 3.8) is 0 Å². The lowest BCUT2D eigenvalue weighted by Gasteiger charge is -1.97. The first kappa shape index (κ1) is 10.7. The summed E-state index contributed by atoms with van der Waals surface area (Å²) in [5.74, 6) is 0.817. The molecule has 84 valence electrons. The van der Waals surface area contributed by atoms with E-state index in [2.05, 4.69) is 4.98 Å². The van der Waals surface area contributed by atoms with E-state index in [0.717, 1.165) is 0 Å². The van der Waals surface area contributed by atoms with Crippen molar-refractivity contribution in [2.24, 2.45) is 0 Å². The summed E-state index contributed by atoms with van der Waals surface area (Å²) in [7, 11) is 0. The third-order valence-electron chi connectivity index (χ3n) is 2.44. The van der Waals surface area contributed by atoms with Gasteiger partial charge in [0.05, 0.1) is 5.69 Å². The van der Waals surface area contributed by atoms with E-state index in [9.17, 15) is 4.79 Å². The molecule has 0 fully saturated rings. The fraction of sp³-hybridized carbons (Fsp3) is 0.333. The number of rotatable bonds is 2. The Hall–Kier alpha value is -1.84. The topological polar surface area (TPSA) is 69.1 Å². The van der Waals surface area contributed by atoms with Gasteiger partial charge in [0, 0.05) is 11.5 Å². The van der Waals surface area contributed by atoms with Crippen LogP contribution in [-0.4, -0.2) is 10.8 Å². The van der Waals surface area contributed by atoms with E-state index < -0.39 is 0 Å². The summed E-state index contributed by atoms with van der Waals surface area (Å²) in [6.07, 6.45) is 0. The Kier molecular flexibility index (Phi) is 2.42. The van der Waals surface area contributed by atoms with Gasteiger partial charge in [0.15, 0.2) is 17.3 Å². The number of fused-ring (bicyclic) bond motifs is 1. The van der Waals surface area contributed by atoms with Crippen molar-refractivity contribution in [2.75, 3.05) is 5.73 Å². The highest BCUT2D eigenvalue weighted by Gasteiger charge is 2.13. The van der Waals surface area contributed by atoms with Gasteiger partial charge in [-0.1, -0.05) is 13.8 Å². The molecular weight excluding hydrogens is 204 g/mol. The third-order valence-corrected chi connectivity index (χ3v) is 2.44. The van der Waals surface area contributed by atoms with Crippen LogP contribution in [0.1, 0.15) is 42.9 Å². The van der Waals surface area contributed by atoms with Crippen molar-refractivity contribution >= 4 is 22.6 Å². The first-order valence-corrected chi connectivity index (χ1v) is 5.20. The smallest absolute Gasteiger partial charge is 0.198 e. The fourth-order valence-corrected chi connectivity index (χ4v) is 1.53. The van der Waals surface area contributed by atoms with Gasteiger partial charge in [-0.05, 0) is 19.1 Å². The Morgan fingerprint density at radius 1 is 1.44 bits per heavy atom. The maximum atomic E-state index is 11.3. The van der Waals surface area contributed by atoms with Gasteiger partial charge in [-0.25, -0.2) is 4.98 Å². The van der Waals surface area contributed by atoms with Gasteiger partial charge in [0.2, 0.25) is 0 Å². The van der Waals surface area contributed by atoms with Crippen molar-refractivity contribution in [1.29, 1.82) is 0 Å². The number of carbonyl (C=O) groups excluding carboxylic acids is 1. The van der Waals surface area contributed by atoms with Gasteiger partial charge < -0.3 is 10.2 Å². The Morgan fingerprint density at radius 3 is 2.69 bits per heavy atom. The molecule has 0 bridgehead atoms. The molecule has 1 heterocycles. The van der Waals surface area contributed by atoms with Crippen molar-refractivity contribution in [3.05, 3.63) is 23.6 Å². The van der Waals surface area contributed by atoms with Crippen LogP contribution < -0.4 is 5.73 Å². The zero-order valence-electron chi connectivity index (χ0n) is 9.57. The average Bonchev–Trinajstić information content (AvgIpc) is 2.61. The molecule has 0 atom stereocenters. The van der Waals surface area contributed by atoms with Gasteiger partial charge in [-0.15, -0.1) is 0 Å². The SMILES string of the molecule is CC(=O)c1cc(N)c2oc(C(C)C)nc2c1. The maximum absolute atomic E-state index is 11.3. The van der Waals surface area contributed by atoms with Crippen LogP contribution in [0.15, 0.2) is 16.5 Å². The minimum absolute atomic E-state index is 0.0253. The summed E-state index contributed by atoms with van der Waals surface area (Å²) >= 11 is 0. The number of benzene rings is 1. The highest BCUT2D eigenvalue weighted by atomic mass is 16.3. The zero-order chi connectivity index (χ0) is 11.9. The molecule has 2 aromatic rings. The van der Waals surface area contributed by atoms with Gasteiger partial charge in [-0.2, -0.15) is 0 Å². The molecule has 0 unspecified atom stereocenters. The van der Waals surface area contributed by atoms with Crippen molar-refractivity contribution < 1.29 is 9.21 Å². The number of nitrogen functional groups attached to an aromatic ring is 1. The Bertz CT molecular complexity index is 555. The number of aromatic nitrogens is 1. The van der Waals surface area contributed by atoms with Gasteiger partial charge in [0.25, 0.3) is 0 Å². The number of hydrogen-bond donors (Lipinski definition) is 1. The summed E-state index contributed by atoms with van der Waals surface area (Å²) in [5, 5.41) is 0. The highest BCUT2D eigenvalue weighted by Crippen LogP contribution is 2.27. The normalized spacial score (nSPS) is 11.2. The molecule has 0 spiro atoms. The monoisotopic (exact) mass is 218 g/mol.